The predicted molar refractivity (Wildman–Crippen MR) is 65.0 cm³/mol. The first-order valence-corrected chi connectivity index (χ1v) is 6.39. The zero-order valence-electron chi connectivity index (χ0n) is 11.3. The lowest BCUT2D eigenvalue weighted by Gasteiger charge is -2.33. The van der Waals surface area contributed by atoms with Crippen molar-refractivity contribution >= 4 is 5.91 Å². The minimum Gasteiger partial charge on any atom is -0.329 e. The van der Waals surface area contributed by atoms with E-state index in [9.17, 15) is 18.0 Å². The largest absolute Gasteiger partial charge is 0.406 e. The van der Waals surface area contributed by atoms with Crippen molar-refractivity contribution in [1.82, 2.24) is 4.90 Å². The van der Waals surface area contributed by atoms with Gasteiger partial charge in [0, 0.05) is 6.04 Å². The SMILES string of the molecule is CCC[C@H](N)C(=O)N(CC(F)(F)F)C(CC)CC. The Morgan fingerprint density at radius 1 is 1.22 bits per heavy atom. The lowest BCUT2D eigenvalue weighted by atomic mass is 10.1. The molecule has 6 heteroatoms. The van der Waals surface area contributed by atoms with E-state index >= 15 is 0 Å². The molecule has 1 amide bonds. The van der Waals surface area contributed by atoms with Gasteiger partial charge in [0.05, 0.1) is 6.04 Å². The summed E-state index contributed by atoms with van der Waals surface area (Å²) in [6, 6.07) is -1.24. The van der Waals surface area contributed by atoms with Gasteiger partial charge in [0.1, 0.15) is 6.54 Å². The molecular formula is C12H23F3N2O. The lowest BCUT2D eigenvalue weighted by Crippen LogP contribution is -2.51. The second kappa shape index (κ2) is 7.61. The van der Waals surface area contributed by atoms with Gasteiger partial charge in [-0.1, -0.05) is 27.2 Å². The topological polar surface area (TPSA) is 46.3 Å². The van der Waals surface area contributed by atoms with Crippen molar-refractivity contribution in [2.24, 2.45) is 5.73 Å². The lowest BCUT2D eigenvalue weighted by molar-refractivity contribution is -0.167. The summed E-state index contributed by atoms with van der Waals surface area (Å²) in [7, 11) is 0. The van der Waals surface area contributed by atoms with Crippen molar-refractivity contribution in [3.05, 3.63) is 0 Å². The van der Waals surface area contributed by atoms with E-state index in [0.29, 0.717) is 25.7 Å². The van der Waals surface area contributed by atoms with Gasteiger partial charge in [0.15, 0.2) is 0 Å². The zero-order chi connectivity index (χ0) is 14.3. The number of rotatable bonds is 7. The minimum absolute atomic E-state index is 0.401. The maximum atomic E-state index is 12.5. The molecule has 0 saturated carbocycles. The van der Waals surface area contributed by atoms with E-state index in [2.05, 4.69) is 0 Å². The van der Waals surface area contributed by atoms with E-state index in [0.717, 1.165) is 4.90 Å². The van der Waals surface area contributed by atoms with Gasteiger partial charge in [0.2, 0.25) is 5.91 Å². The summed E-state index contributed by atoms with van der Waals surface area (Å²) in [5.74, 6) is -0.595. The van der Waals surface area contributed by atoms with E-state index in [1.54, 1.807) is 13.8 Å². The van der Waals surface area contributed by atoms with Crippen LogP contribution in [0.25, 0.3) is 0 Å². The molecule has 1 atom stereocenters. The fourth-order valence-electron chi connectivity index (χ4n) is 1.96. The predicted octanol–water partition coefficient (Wildman–Crippen LogP) is 2.69. The molecule has 0 heterocycles. The molecule has 0 aliphatic rings. The normalized spacial score (nSPS) is 13.8. The summed E-state index contributed by atoms with van der Waals surface area (Å²) in [6.45, 7) is 4.18. The van der Waals surface area contributed by atoms with Crippen LogP contribution in [0.5, 0.6) is 0 Å². The number of alkyl halides is 3. The van der Waals surface area contributed by atoms with Crippen LogP contribution in [0.3, 0.4) is 0 Å². The Bertz CT molecular complexity index is 252. The van der Waals surface area contributed by atoms with Crippen molar-refractivity contribution in [2.75, 3.05) is 6.54 Å². The smallest absolute Gasteiger partial charge is 0.329 e. The summed E-state index contributed by atoms with van der Waals surface area (Å²) >= 11 is 0. The number of halogens is 3. The molecule has 2 N–H and O–H groups in total. The van der Waals surface area contributed by atoms with Gasteiger partial charge in [0.25, 0.3) is 0 Å². The van der Waals surface area contributed by atoms with Gasteiger partial charge in [-0.05, 0) is 19.3 Å². The second-order valence-electron chi connectivity index (χ2n) is 4.45. The molecule has 0 aliphatic heterocycles. The highest BCUT2D eigenvalue weighted by molar-refractivity contribution is 5.82. The molecule has 0 fully saturated rings. The third kappa shape index (κ3) is 5.71. The molecule has 3 nitrogen and oxygen atoms in total. The van der Waals surface area contributed by atoms with Crippen LogP contribution in [0.15, 0.2) is 0 Å². The van der Waals surface area contributed by atoms with Crippen LogP contribution in [0.1, 0.15) is 46.5 Å². The Labute approximate surface area is 107 Å². The second-order valence-corrected chi connectivity index (χ2v) is 4.45. The summed E-state index contributed by atoms with van der Waals surface area (Å²) in [5, 5.41) is 0. The van der Waals surface area contributed by atoms with Gasteiger partial charge in [-0.15, -0.1) is 0 Å². The van der Waals surface area contributed by atoms with Crippen LogP contribution >= 0.6 is 0 Å². The first kappa shape index (κ1) is 17.2. The summed E-state index contributed by atoms with van der Waals surface area (Å²) in [5.41, 5.74) is 5.64. The fourth-order valence-corrected chi connectivity index (χ4v) is 1.96. The van der Waals surface area contributed by atoms with Crippen LogP contribution in [0, 0.1) is 0 Å². The van der Waals surface area contributed by atoms with Crippen molar-refractivity contribution in [1.29, 1.82) is 0 Å². The van der Waals surface area contributed by atoms with Crippen molar-refractivity contribution in [3.63, 3.8) is 0 Å². The van der Waals surface area contributed by atoms with Gasteiger partial charge < -0.3 is 10.6 Å². The molecule has 0 bridgehead atoms. The zero-order valence-corrected chi connectivity index (χ0v) is 11.3. The molecule has 0 aromatic carbocycles. The Kier molecular flexibility index (Phi) is 7.28. The van der Waals surface area contributed by atoms with E-state index in [1.165, 1.54) is 0 Å². The summed E-state index contributed by atoms with van der Waals surface area (Å²) < 4.78 is 37.5. The van der Waals surface area contributed by atoms with Crippen molar-refractivity contribution < 1.29 is 18.0 Å². The third-order valence-corrected chi connectivity index (χ3v) is 2.93. The maximum Gasteiger partial charge on any atom is 0.406 e. The molecule has 108 valence electrons. The molecular weight excluding hydrogens is 245 g/mol. The van der Waals surface area contributed by atoms with Gasteiger partial charge in [-0.25, -0.2) is 0 Å². The molecule has 0 unspecified atom stereocenters. The monoisotopic (exact) mass is 268 g/mol. The number of carbonyl (C=O) groups excluding carboxylic acids is 1. The molecule has 0 aromatic heterocycles. The van der Waals surface area contributed by atoms with Crippen LogP contribution in [-0.2, 0) is 4.79 Å². The van der Waals surface area contributed by atoms with Gasteiger partial charge in [-0.3, -0.25) is 4.79 Å². The molecule has 0 aliphatic carbocycles. The van der Waals surface area contributed by atoms with E-state index < -0.39 is 30.7 Å². The number of nitrogens with two attached hydrogens (primary N) is 1. The van der Waals surface area contributed by atoms with Gasteiger partial charge >= 0.3 is 6.18 Å². The van der Waals surface area contributed by atoms with Crippen molar-refractivity contribution in [2.45, 2.75) is 64.7 Å². The average Bonchev–Trinajstić information content (AvgIpc) is 2.27. The van der Waals surface area contributed by atoms with Crippen LogP contribution in [-0.4, -0.2) is 35.6 Å². The highest BCUT2D eigenvalue weighted by Gasteiger charge is 2.36. The van der Waals surface area contributed by atoms with Crippen LogP contribution in [0.4, 0.5) is 13.2 Å². The number of nitrogens with zero attached hydrogens (tertiary/aromatic N) is 1. The highest BCUT2D eigenvalue weighted by Crippen LogP contribution is 2.21. The molecule has 0 saturated heterocycles. The summed E-state index contributed by atoms with van der Waals surface area (Å²) in [4.78, 5) is 12.9. The van der Waals surface area contributed by atoms with E-state index in [4.69, 9.17) is 5.73 Å². The van der Waals surface area contributed by atoms with Crippen LogP contribution in [0.2, 0.25) is 0 Å². The summed E-state index contributed by atoms with van der Waals surface area (Å²) in [6.07, 6.45) is -2.30. The maximum absolute atomic E-state index is 12.5. The molecule has 0 spiro atoms. The Morgan fingerprint density at radius 3 is 2.06 bits per heavy atom. The quantitative estimate of drug-likeness (QED) is 0.771. The van der Waals surface area contributed by atoms with E-state index in [-0.39, 0.29) is 0 Å². The average molecular weight is 268 g/mol. The standard InChI is InChI=1S/C12H23F3N2O/c1-4-7-10(16)11(18)17(8-12(13,14)15)9(5-2)6-3/h9-10H,4-8,16H2,1-3H3/t10-/m0/s1. The number of amides is 1. The Hall–Kier alpha value is -0.780. The third-order valence-electron chi connectivity index (χ3n) is 2.93. The number of carbonyl (C=O) groups is 1. The first-order chi connectivity index (χ1) is 8.26. The Morgan fingerprint density at radius 2 is 1.72 bits per heavy atom. The van der Waals surface area contributed by atoms with Crippen LogP contribution < -0.4 is 5.73 Å². The molecule has 18 heavy (non-hydrogen) atoms. The molecule has 0 aromatic rings. The highest BCUT2D eigenvalue weighted by atomic mass is 19.4. The Balaban J connectivity index is 4.90. The number of hydrogen-bond acceptors (Lipinski definition) is 2. The molecule has 0 radical (unpaired) electrons. The first-order valence-electron chi connectivity index (χ1n) is 6.39. The minimum atomic E-state index is -4.38. The molecule has 0 rings (SSSR count). The van der Waals surface area contributed by atoms with E-state index in [1.807, 2.05) is 6.92 Å². The van der Waals surface area contributed by atoms with Crippen molar-refractivity contribution in [3.8, 4) is 0 Å². The fraction of sp³-hybridized carbons (Fsp3) is 0.917. The number of hydrogen-bond donors (Lipinski definition) is 1. The van der Waals surface area contributed by atoms with Gasteiger partial charge in [-0.2, -0.15) is 13.2 Å².